The largest absolute Gasteiger partial charge is 0.467 e. The second-order valence-electron chi connectivity index (χ2n) is 7.90. The summed E-state index contributed by atoms with van der Waals surface area (Å²) in [6.07, 6.45) is 2.99. The van der Waals surface area contributed by atoms with E-state index < -0.39 is 30.2 Å². The van der Waals surface area contributed by atoms with E-state index in [1.165, 1.54) is 12.0 Å². The molecule has 0 bridgehead atoms. The zero-order valence-corrected chi connectivity index (χ0v) is 18.4. The average Bonchev–Trinajstić information content (AvgIpc) is 2.81. The predicted molar refractivity (Wildman–Crippen MR) is 120 cm³/mol. The van der Waals surface area contributed by atoms with E-state index in [1.807, 2.05) is 86.7 Å². The number of rotatable bonds is 8. The third kappa shape index (κ3) is 5.35. The van der Waals surface area contributed by atoms with Gasteiger partial charge in [-0.1, -0.05) is 86.7 Å². The molecule has 3 atom stereocenters. The normalized spacial score (nSPS) is 18.9. The van der Waals surface area contributed by atoms with Crippen LogP contribution in [-0.4, -0.2) is 48.1 Å². The Hall–Kier alpha value is -3.61. The molecule has 1 fully saturated rings. The quantitative estimate of drug-likeness (QED) is 0.506. The maximum Gasteiger partial charge on any atom is 0.408 e. The number of β-lactam (4-membered cyclic amide) rings is 1. The molecule has 7 heteroatoms. The lowest BCUT2D eigenvalue weighted by atomic mass is 9.88. The van der Waals surface area contributed by atoms with Gasteiger partial charge in [-0.25, -0.2) is 9.59 Å². The summed E-state index contributed by atoms with van der Waals surface area (Å²) in [6, 6.07) is 16.8. The van der Waals surface area contributed by atoms with Crippen molar-refractivity contribution in [3.8, 4) is 0 Å². The van der Waals surface area contributed by atoms with Gasteiger partial charge in [-0.15, -0.1) is 0 Å². The summed E-state index contributed by atoms with van der Waals surface area (Å²) in [5.74, 6) is -1.00. The number of esters is 1. The number of ether oxygens (including phenoxy) is 2. The number of hydrogen-bond acceptors (Lipinski definition) is 5. The molecule has 1 N–H and O–H groups in total. The van der Waals surface area contributed by atoms with Gasteiger partial charge in [0.2, 0.25) is 5.91 Å². The standard InChI is InChI=1S/C25H28N2O5/c1-17(2)22(24(29)31-3)27-20(15-14-18-10-6-4-7-11-18)21(23(27)28)26-25(30)32-16-19-12-8-5-9-13-19/h4-15,17,20-22H,16H2,1-3H3,(H,26,30)/t20-,21+,22+/m1/s1. The minimum atomic E-state index is -0.829. The number of carbonyl (C=O) groups excluding carboxylic acids is 3. The molecule has 0 aliphatic carbocycles. The topological polar surface area (TPSA) is 84.9 Å². The van der Waals surface area contributed by atoms with E-state index in [-0.39, 0.29) is 18.4 Å². The number of methoxy groups -OCH3 is 1. The molecule has 2 amide bonds. The van der Waals surface area contributed by atoms with E-state index in [0.717, 1.165) is 11.1 Å². The lowest BCUT2D eigenvalue weighted by Gasteiger charge is -2.49. The van der Waals surface area contributed by atoms with Gasteiger partial charge in [0.25, 0.3) is 0 Å². The fraction of sp³-hybridized carbons (Fsp3) is 0.320. The molecule has 1 saturated heterocycles. The molecule has 2 aromatic carbocycles. The van der Waals surface area contributed by atoms with Crippen molar-refractivity contribution >= 4 is 24.0 Å². The third-order valence-corrected chi connectivity index (χ3v) is 5.33. The lowest BCUT2D eigenvalue weighted by molar-refractivity contribution is -0.167. The molecular formula is C25H28N2O5. The maximum absolute atomic E-state index is 13.0. The van der Waals surface area contributed by atoms with Crippen molar-refractivity contribution in [2.75, 3.05) is 7.11 Å². The smallest absolute Gasteiger partial charge is 0.408 e. The van der Waals surface area contributed by atoms with Crippen molar-refractivity contribution in [1.82, 2.24) is 10.2 Å². The lowest BCUT2D eigenvalue weighted by Crippen LogP contribution is -2.74. The van der Waals surface area contributed by atoms with Gasteiger partial charge in [0.15, 0.2) is 0 Å². The number of carbonyl (C=O) groups is 3. The van der Waals surface area contributed by atoms with Crippen LogP contribution in [0.25, 0.3) is 6.08 Å². The summed E-state index contributed by atoms with van der Waals surface area (Å²) in [6.45, 7) is 3.79. The Morgan fingerprint density at radius 3 is 2.28 bits per heavy atom. The highest BCUT2D eigenvalue weighted by molar-refractivity contribution is 5.96. The molecule has 32 heavy (non-hydrogen) atoms. The molecule has 0 unspecified atom stereocenters. The molecule has 0 spiro atoms. The van der Waals surface area contributed by atoms with Gasteiger partial charge in [0, 0.05) is 0 Å². The summed E-state index contributed by atoms with van der Waals surface area (Å²) in [5, 5.41) is 2.65. The van der Waals surface area contributed by atoms with Gasteiger partial charge in [0.05, 0.1) is 13.2 Å². The Bertz CT molecular complexity index is 959. The van der Waals surface area contributed by atoms with Gasteiger partial charge in [-0.05, 0) is 17.0 Å². The zero-order valence-electron chi connectivity index (χ0n) is 18.4. The van der Waals surface area contributed by atoms with Crippen molar-refractivity contribution < 1.29 is 23.9 Å². The Morgan fingerprint density at radius 2 is 1.69 bits per heavy atom. The Morgan fingerprint density at radius 1 is 1.06 bits per heavy atom. The van der Waals surface area contributed by atoms with E-state index in [0.29, 0.717) is 0 Å². The van der Waals surface area contributed by atoms with Crippen molar-refractivity contribution in [2.24, 2.45) is 5.92 Å². The van der Waals surface area contributed by atoms with Gasteiger partial charge >= 0.3 is 12.1 Å². The highest BCUT2D eigenvalue weighted by atomic mass is 16.5. The SMILES string of the molecule is COC(=O)[C@H](C(C)C)N1C(=O)[C@@H](NC(=O)OCc2ccccc2)[C@H]1C=Cc1ccccc1. The van der Waals surface area contributed by atoms with E-state index in [4.69, 9.17) is 9.47 Å². The number of likely N-dealkylation sites (tertiary alicyclic amines) is 1. The monoisotopic (exact) mass is 436 g/mol. The summed E-state index contributed by atoms with van der Waals surface area (Å²) in [5.41, 5.74) is 1.78. The zero-order chi connectivity index (χ0) is 23.1. The second kappa shape index (κ2) is 10.6. The molecule has 3 rings (SSSR count). The Balaban J connectivity index is 1.75. The minimum Gasteiger partial charge on any atom is -0.467 e. The Labute approximate surface area is 188 Å². The molecule has 0 radical (unpaired) electrons. The van der Waals surface area contributed by atoms with Gasteiger partial charge < -0.3 is 19.7 Å². The summed E-state index contributed by atoms with van der Waals surface area (Å²) in [7, 11) is 1.30. The van der Waals surface area contributed by atoms with E-state index >= 15 is 0 Å². The van der Waals surface area contributed by atoms with Crippen LogP contribution in [0.3, 0.4) is 0 Å². The summed E-state index contributed by atoms with van der Waals surface area (Å²) >= 11 is 0. The van der Waals surface area contributed by atoms with E-state index in [1.54, 1.807) is 0 Å². The first-order chi connectivity index (χ1) is 15.4. The number of benzene rings is 2. The first kappa shape index (κ1) is 23.1. The molecule has 1 aliphatic rings. The van der Waals surface area contributed by atoms with Crippen molar-refractivity contribution in [1.29, 1.82) is 0 Å². The van der Waals surface area contributed by atoms with Crippen LogP contribution >= 0.6 is 0 Å². The number of amides is 2. The molecule has 1 heterocycles. The first-order valence-corrected chi connectivity index (χ1v) is 10.5. The van der Waals surface area contributed by atoms with Crippen molar-refractivity contribution in [2.45, 2.75) is 38.6 Å². The van der Waals surface area contributed by atoms with Gasteiger partial charge in [0.1, 0.15) is 18.7 Å². The van der Waals surface area contributed by atoms with Crippen LogP contribution in [0.2, 0.25) is 0 Å². The molecule has 0 saturated carbocycles. The maximum atomic E-state index is 13.0. The van der Waals surface area contributed by atoms with Gasteiger partial charge in [-0.2, -0.15) is 0 Å². The van der Waals surface area contributed by atoms with Crippen molar-refractivity contribution in [3.05, 3.63) is 77.9 Å². The van der Waals surface area contributed by atoms with Crippen LogP contribution in [0.4, 0.5) is 4.79 Å². The second-order valence-corrected chi connectivity index (χ2v) is 7.90. The summed E-state index contributed by atoms with van der Waals surface area (Å²) in [4.78, 5) is 39.2. The van der Waals surface area contributed by atoms with Crippen LogP contribution < -0.4 is 5.32 Å². The van der Waals surface area contributed by atoms with E-state index in [9.17, 15) is 14.4 Å². The highest BCUT2D eigenvalue weighted by Gasteiger charge is 2.52. The fourth-order valence-corrected chi connectivity index (χ4v) is 3.70. The molecule has 7 nitrogen and oxygen atoms in total. The third-order valence-electron chi connectivity index (χ3n) is 5.33. The highest BCUT2D eigenvalue weighted by Crippen LogP contribution is 2.29. The average molecular weight is 437 g/mol. The number of alkyl carbamates (subject to hydrolysis) is 1. The van der Waals surface area contributed by atoms with Crippen LogP contribution in [0.15, 0.2) is 66.7 Å². The molecule has 0 aromatic heterocycles. The summed E-state index contributed by atoms with van der Waals surface area (Å²) < 4.78 is 10.2. The van der Waals surface area contributed by atoms with E-state index in [2.05, 4.69) is 5.32 Å². The fourth-order valence-electron chi connectivity index (χ4n) is 3.70. The van der Waals surface area contributed by atoms with Crippen LogP contribution in [0.1, 0.15) is 25.0 Å². The molecule has 1 aliphatic heterocycles. The van der Waals surface area contributed by atoms with Crippen LogP contribution in [0.5, 0.6) is 0 Å². The minimum absolute atomic E-state index is 0.0958. The van der Waals surface area contributed by atoms with Crippen molar-refractivity contribution in [3.63, 3.8) is 0 Å². The van der Waals surface area contributed by atoms with Crippen LogP contribution in [-0.2, 0) is 25.7 Å². The molecule has 2 aromatic rings. The number of hydrogen-bond donors (Lipinski definition) is 1. The van der Waals surface area contributed by atoms with Crippen LogP contribution in [0, 0.1) is 5.92 Å². The Kier molecular flexibility index (Phi) is 7.65. The first-order valence-electron chi connectivity index (χ1n) is 10.5. The predicted octanol–water partition coefficient (Wildman–Crippen LogP) is 3.40. The molecule has 168 valence electrons. The molecular weight excluding hydrogens is 408 g/mol. The van der Waals surface area contributed by atoms with Gasteiger partial charge in [-0.3, -0.25) is 4.79 Å². The number of nitrogens with one attached hydrogen (secondary N) is 1. The number of nitrogens with zero attached hydrogens (tertiary/aromatic N) is 1.